The van der Waals surface area contributed by atoms with E-state index in [2.05, 4.69) is 0 Å². The van der Waals surface area contributed by atoms with E-state index in [1.54, 1.807) is 13.0 Å². The Morgan fingerprint density at radius 2 is 1.88 bits per heavy atom. The maximum Gasteiger partial charge on any atom is 0.311 e. The highest BCUT2D eigenvalue weighted by Gasteiger charge is 2.18. The summed E-state index contributed by atoms with van der Waals surface area (Å²) in [4.78, 5) is 23.0. The van der Waals surface area contributed by atoms with Crippen molar-refractivity contribution in [3.05, 3.63) is 68.8 Å². The van der Waals surface area contributed by atoms with E-state index in [1.807, 2.05) is 18.2 Å². The Bertz CT molecular complexity index is 798. The van der Waals surface area contributed by atoms with Crippen molar-refractivity contribution in [3.63, 3.8) is 0 Å². The van der Waals surface area contributed by atoms with Crippen LogP contribution in [0.15, 0.2) is 36.4 Å². The van der Waals surface area contributed by atoms with Crippen LogP contribution in [-0.2, 0) is 12.8 Å². The van der Waals surface area contributed by atoms with Gasteiger partial charge >= 0.3 is 5.69 Å². The lowest BCUT2D eigenvalue weighted by Gasteiger charge is -2.16. The van der Waals surface area contributed by atoms with Gasteiger partial charge in [-0.3, -0.25) is 14.9 Å². The SMILES string of the molecule is Cc1ccc(OCC(=O)c2ccc3c(c2)CCCC3)c([N+](=O)[O-])c1. The van der Waals surface area contributed by atoms with Crippen molar-refractivity contribution in [3.8, 4) is 5.75 Å². The number of carbonyl (C=O) groups is 1. The average molecular weight is 325 g/mol. The first kappa shape index (κ1) is 16.2. The predicted octanol–water partition coefficient (Wildman–Crippen LogP) is 4.04. The lowest BCUT2D eigenvalue weighted by molar-refractivity contribution is -0.385. The van der Waals surface area contributed by atoms with Crippen LogP contribution in [0.25, 0.3) is 0 Å². The normalized spacial score (nSPS) is 13.2. The Kier molecular flexibility index (Phi) is 4.60. The molecule has 0 heterocycles. The number of carbonyl (C=O) groups excluding carboxylic acids is 1. The van der Waals surface area contributed by atoms with Crippen LogP contribution in [0.5, 0.6) is 5.75 Å². The van der Waals surface area contributed by atoms with Gasteiger partial charge in [-0.25, -0.2) is 0 Å². The minimum absolute atomic E-state index is 0.117. The van der Waals surface area contributed by atoms with Crippen LogP contribution in [0.1, 0.15) is 39.9 Å². The third-order valence-corrected chi connectivity index (χ3v) is 4.34. The molecule has 5 nitrogen and oxygen atoms in total. The molecule has 0 fully saturated rings. The lowest BCUT2D eigenvalue weighted by atomic mass is 9.90. The van der Waals surface area contributed by atoms with E-state index in [1.165, 1.54) is 29.7 Å². The quantitative estimate of drug-likeness (QED) is 0.472. The predicted molar refractivity (Wildman–Crippen MR) is 90.7 cm³/mol. The Labute approximate surface area is 140 Å². The standard InChI is InChI=1S/C19H19NO4/c1-13-6-9-19(17(10-13)20(22)23)24-12-18(21)16-8-7-14-4-2-3-5-15(14)11-16/h6-11H,2-5,12H2,1H3. The maximum atomic E-state index is 12.4. The first-order valence-electron chi connectivity index (χ1n) is 8.07. The highest BCUT2D eigenvalue weighted by molar-refractivity contribution is 5.97. The summed E-state index contributed by atoms with van der Waals surface area (Å²) in [6, 6.07) is 10.5. The monoisotopic (exact) mass is 325 g/mol. The molecule has 2 aromatic rings. The molecule has 5 heteroatoms. The van der Waals surface area contributed by atoms with Gasteiger partial charge in [-0.05, 0) is 61.4 Å². The van der Waals surface area contributed by atoms with Crippen LogP contribution in [0.2, 0.25) is 0 Å². The van der Waals surface area contributed by atoms with Crippen LogP contribution in [0.3, 0.4) is 0 Å². The number of nitro groups is 1. The van der Waals surface area contributed by atoms with Crippen molar-refractivity contribution < 1.29 is 14.5 Å². The molecule has 0 radical (unpaired) electrons. The second-order valence-electron chi connectivity index (χ2n) is 6.13. The highest BCUT2D eigenvalue weighted by atomic mass is 16.6. The molecular formula is C19H19NO4. The Morgan fingerprint density at radius 3 is 2.62 bits per heavy atom. The Balaban J connectivity index is 1.73. The number of ketones is 1. The van der Waals surface area contributed by atoms with Gasteiger partial charge in [-0.15, -0.1) is 0 Å². The van der Waals surface area contributed by atoms with Crippen molar-refractivity contribution in [2.24, 2.45) is 0 Å². The van der Waals surface area contributed by atoms with Gasteiger partial charge in [0.05, 0.1) is 4.92 Å². The summed E-state index contributed by atoms with van der Waals surface area (Å²) >= 11 is 0. The molecule has 124 valence electrons. The third-order valence-electron chi connectivity index (χ3n) is 4.34. The smallest absolute Gasteiger partial charge is 0.311 e. The van der Waals surface area contributed by atoms with Crippen molar-refractivity contribution in [1.29, 1.82) is 0 Å². The summed E-state index contributed by atoms with van der Waals surface area (Å²) in [5.41, 5.74) is 3.80. The fourth-order valence-electron chi connectivity index (χ4n) is 3.03. The number of hydrogen-bond donors (Lipinski definition) is 0. The molecule has 3 rings (SSSR count). The summed E-state index contributed by atoms with van der Waals surface area (Å²) < 4.78 is 5.42. The molecule has 0 saturated heterocycles. The van der Waals surface area contributed by atoms with Crippen LogP contribution in [0, 0.1) is 17.0 Å². The van der Waals surface area contributed by atoms with Gasteiger partial charge in [-0.2, -0.15) is 0 Å². The number of benzene rings is 2. The van der Waals surface area contributed by atoms with E-state index in [0.717, 1.165) is 24.8 Å². The number of rotatable bonds is 5. The van der Waals surface area contributed by atoms with Gasteiger partial charge < -0.3 is 4.74 Å². The molecule has 1 aliphatic rings. The van der Waals surface area contributed by atoms with E-state index >= 15 is 0 Å². The number of nitro benzene ring substituents is 1. The topological polar surface area (TPSA) is 69.4 Å². The molecule has 0 spiro atoms. The zero-order valence-electron chi connectivity index (χ0n) is 13.6. The van der Waals surface area contributed by atoms with E-state index in [4.69, 9.17) is 4.74 Å². The number of Topliss-reactive ketones (excluding diaryl/α,β-unsaturated/α-hetero) is 1. The second-order valence-corrected chi connectivity index (χ2v) is 6.13. The molecule has 2 aromatic carbocycles. The van der Waals surface area contributed by atoms with Crippen molar-refractivity contribution >= 4 is 11.5 Å². The van der Waals surface area contributed by atoms with Gasteiger partial charge in [0.1, 0.15) is 0 Å². The molecule has 0 unspecified atom stereocenters. The molecule has 0 aliphatic heterocycles. The van der Waals surface area contributed by atoms with E-state index in [9.17, 15) is 14.9 Å². The lowest BCUT2D eigenvalue weighted by Crippen LogP contribution is -2.14. The van der Waals surface area contributed by atoms with Gasteiger partial charge in [0, 0.05) is 11.6 Å². The van der Waals surface area contributed by atoms with Crippen LogP contribution in [0.4, 0.5) is 5.69 Å². The average Bonchev–Trinajstić information content (AvgIpc) is 2.59. The van der Waals surface area contributed by atoms with Gasteiger partial charge in [0.25, 0.3) is 0 Å². The molecule has 1 aliphatic carbocycles. The highest BCUT2D eigenvalue weighted by Crippen LogP contribution is 2.28. The minimum Gasteiger partial charge on any atom is -0.478 e. The number of nitrogens with zero attached hydrogens (tertiary/aromatic N) is 1. The maximum absolute atomic E-state index is 12.4. The van der Waals surface area contributed by atoms with Crippen molar-refractivity contribution in [1.82, 2.24) is 0 Å². The molecule has 0 N–H and O–H groups in total. The Hall–Kier alpha value is -2.69. The second kappa shape index (κ2) is 6.83. The van der Waals surface area contributed by atoms with Gasteiger partial charge in [0.15, 0.2) is 18.1 Å². The number of aryl methyl sites for hydroxylation is 3. The summed E-state index contributed by atoms with van der Waals surface area (Å²) in [6.45, 7) is 1.57. The van der Waals surface area contributed by atoms with Gasteiger partial charge in [-0.1, -0.05) is 18.2 Å². The molecule has 0 atom stereocenters. The number of hydrogen-bond acceptors (Lipinski definition) is 4. The Morgan fingerprint density at radius 1 is 1.12 bits per heavy atom. The van der Waals surface area contributed by atoms with Crippen molar-refractivity contribution in [2.45, 2.75) is 32.6 Å². The van der Waals surface area contributed by atoms with Crippen molar-refractivity contribution in [2.75, 3.05) is 6.61 Å². The summed E-state index contributed by atoms with van der Waals surface area (Å²) in [6.07, 6.45) is 4.41. The van der Waals surface area contributed by atoms with E-state index < -0.39 is 4.92 Å². The number of fused-ring (bicyclic) bond motifs is 1. The number of ether oxygens (including phenoxy) is 1. The largest absolute Gasteiger partial charge is 0.478 e. The minimum atomic E-state index is -0.494. The molecule has 0 aromatic heterocycles. The van der Waals surface area contributed by atoms with Crippen LogP contribution < -0.4 is 4.74 Å². The fraction of sp³-hybridized carbons (Fsp3) is 0.316. The molecular weight excluding hydrogens is 306 g/mol. The van der Waals surface area contributed by atoms with E-state index in [-0.39, 0.29) is 23.8 Å². The summed E-state index contributed by atoms with van der Waals surface area (Å²) in [5, 5.41) is 11.1. The first-order chi connectivity index (χ1) is 11.5. The molecule has 0 saturated carbocycles. The van der Waals surface area contributed by atoms with Crippen LogP contribution in [-0.4, -0.2) is 17.3 Å². The first-order valence-corrected chi connectivity index (χ1v) is 8.07. The zero-order chi connectivity index (χ0) is 17.1. The fourth-order valence-corrected chi connectivity index (χ4v) is 3.03. The van der Waals surface area contributed by atoms with Gasteiger partial charge in [0.2, 0.25) is 0 Å². The zero-order valence-corrected chi connectivity index (χ0v) is 13.6. The summed E-state index contributed by atoms with van der Waals surface area (Å²) in [7, 11) is 0. The van der Waals surface area contributed by atoms with E-state index in [0.29, 0.717) is 5.56 Å². The van der Waals surface area contributed by atoms with Crippen LogP contribution >= 0.6 is 0 Å². The summed E-state index contributed by atoms with van der Waals surface area (Å²) in [5.74, 6) is -0.0462. The third kappa shape index (κ3) is 3.45. The molecule has 24 heavy (non-hydrogen) atoms. The molecule has 0 bridgehead atoms. The molecule has 0 amide bonds.